The fraction of sp³-hybridized carbons (Fsp3) is 0.0769. The molecular weight excluding hydrogens is 203 g/mol. The lowest BCUT2D eigenvalue weighted by Gasteiger charge is -2.10. The maximum atomic E-state index is 13.4. The Morgan fingerprint density at radius 1 is 1.00 bits per heavy atom. The zero-order valence-electron chi connectivity index (χ0n) is 8.78. The minimum Gasteiger partial charge on any atom is -0.397 e. The van der Waals surface area contributed by atoms with E-state index in [0.29, 0.717) is 17.9 Å². The lowest BCUT2D eigenvalue weighted by Crippen LogP contribution is -2.04. The number of rotatable bonds is 3. The number of halogens is 1. The van der Waals surface area contributed by atoms with Gasteiger partial charge in [-0.25, -0.2) is 4.39 Å². The van der Waals surface area contributed by atoms with Crippen LogP contribution in [-0.2, 0) is 6.54 Å². The molecule has 0 heterocycles. The number of hydrogen-bond donors (Lipinski definition) is 2. The van der Waals surface area contributed by atoms with Gasteiger partial charge in [-0.2, -0.15) is 0 Å². The first-order valence-corrected chi connectivity index (χ1v) is 5.09. The Morgan fingerprint density at radius 3 is 2.44 bits per heavy atom. The van der Waals surface area contributed by atoms with Crippen LogP contribution in [0.3, 0.4) is 0 Å². The van der Waals surface area contributed by atoms with Crippen molar-refractivity contribution >= 4 is 11.4 Å². The van der Waals surface area contributed by atoms with Crippen molar-refractivity contribution in [3.63, 3.8) is 0 Å². The average molecular weight is 216 g/mol. The second-order valence-corrected chi connectivity index (χ2v) is 3.54. The van der Waals surface area contributed by atoms with Crippen LogP contribution in [0.5, 0.6) is 0 Å². The number of para-hydroxylation sites is 1. The summed E-state index contributed by atoms with van der Waals surface area (Å²) in [7, 11) is 0. The summed E-state index contributed by atoms with van der Waals surface area (Å²) < 4.78 is 13.4. The van der Waals surface area contributed by atoms with Crippen molar-refractivity contribution < 1.29 is 4.39 Å². The van der Waals surface area contributed by atoms with Gasteiger partial charge in [0.1, 0.15) is 5.82 Å². The predicted molar refractivity (Wildman–Crippen MR) is 64.6 cm³/mol. The van der Waals surface area contributed by atoms with Crippen molar-refractivity contribution in [1.82, 2.24) is 0 Å². The van der Waals surface area contributed by atoms with Gasteiger partial charge in [0, 0.05) is 6.54 Å². The normalized spacial score (nSPS) is 10.1. The summed E-state index contributed by atoms with van der Waals surface area (Å²) >= 11 is 0. The van der Waals surface area contributed by atoms with E-state index in [0.717, 1.165) is 5.56 Å². The molecule has 0 aliphatic heterocycles. The molecule has 2 aromatic carbocycles. The summed E-state index contributed by atoms with van der Waals surface area (Å²) in [5.41, 5.74) is 7.56. The smallest absolute Gasteiger partial charge is 0.148 e. The van der Waals surface area contributed by atoms with Gasteiger partial charge < -0.3 is 11.1 Å². The number of benzene rings is 2. The molecule has 3 heteroatoms. The van der Waals surface area contributed by atoms with E-state index in [-0.39, 0.29) is 5.82 Å². The summed E-state index contributed by atoms with van der Waals surface area (Å²) in [6.07, 6.45) is 0. The van der Waals surface area contributed by atoms with E-state index < -0.39 is 0 Å². The Labute approximate surface area is 93.9 Å². The number of nitrogens with two attached hydrogens (primary N) is 1. The molecule has 0 amide bonds. The minimum absolute atomic E-state index is 0.323. The molecule has 0 bridgehead atoms. The molecule has 0 radical (unpaired) electrons. The molecule has 0 aliphatic rings. The van der Waals surface area contributed by atoms with E-state index in [9.17, 15) is 4.39 Å². The van der Waals surface area contributed by atoms with Gasteiger partial charge in [0.2, 0.25) is 0 Å². The summed E-state index contributed by atoms with van der Waals surface area (Å²) in [6, 6.07) is 14.5. The number of hydrogen-bond acceptors (Lipinski definition) is 2. The van der Waals surface area contributed by atoms with E-state index in [4.69, 9.17) is 5.73 Å². The predicted octanol–water partition coefficient (Wildman–Crippen LogP) is 3.02. The molecule has 0 saturated heterocycles. The van der Waals surface area contributed by atoms with Crippen LogP contribution in [0.2, 0.25) is 0 Å². The first-order valence-electron chi connectivity index (χ1n) is 5.09. The fourth-order valence-corrected chi connectivity index (χ4v) is 1.51. The Bertz CT molecular complexity index is 448. The quantitative estimate of drug-likeness (QED) is 0.774. The second kappa shape index (κ2) is 4.66. The van der Waals surface area contributed by atoms with Crippen LogP contribution < -0.4 is 11.1 Å². The maximum Gasteiger partial charge on any atom is 0.148 e. The lowest BCUT2D eigenvalue weighted by atomic mass is 10.2. The minimum atomic E-state index is -0.323. The zero-order chi connectivity index (χ0) is 11.4. The van der Waals surface area contributed by atoms with Gasteiger partial charge in [0.05, 0.1) is 11.4 Å². The number of nitrogens with one attached hydrogen (secondary N) is 1. The first-order chi connectivity index (χ1) is 7.77. The Morgan fingerprint density at radius 2 is 1.75 bits per heavy atom. The van der Waals surface area contributed by atoms with Crippen molar-refractivity contribution in [2.75, 3.05) is 11.1 Å². The highest BCUT2D eigenvalue weighted by Crippen LogP contribution is 2.22. The molecular formula is C13H13FN2. The van der Waals surface area contributed by atoms with Crippen LogP contribution in [0.4, 0.5) is 15.8 Å². The fourth-order valence-electron chi connectivity index (χ4n) is 1.51. The summed E-state index contributed by atoms with van der Waals surface area (Å²) in [4.78, 5) is 0. The van der Waals surface area contributed by atoms with Crippen molar-refractivity contribution in [2.24, 2.45) is 0 Å². The van der Waals surface area contributed by atoms with Crippen molar-refractivity contribution in [3.05, 3.63) is 59.9 Å². The van der Waals surface area contributed by atoms with E-state index in [1.807, 2.05) is 30.3 Å². The highest BCUT2D eigenvalue weighted by Gasteiger charge is 2.04. The molecule has 0 saturated carbocycles. The maximum absolute atomic E-state index is 13.4. The molecule has 0 spiro atoms. The Kier molecular flexibility index (Phi) is 3.05. The van der Waals surface area contributed by atoms with E-state index in [1.54, 1.807) is 12.1 Å². The summed E-state index contributed by atoms with van der Waals surface area (Å²) in [5.74, 6) is -0.323. The van der Waals surface area contributed by atoms with Gasteiger partial charge >= 0.3 is 0 Å². The topological polar surface area (TPSA) is 38.0 Å². The molecule has 3 N–H and O–H groups in total. The molecule has 16 heavy (non-hydrogen) atoms. The SMILES string of the molecule is Nc1cccc(F)c1NCc1ccccc1. The van der Waals surface area contributed by atoms with E-state index in [1.165, 1.54) is 6.07 Å². The zero-order valence-corrected chi connectivity index (χ0v) is 8.78. The van der Waals surface area contributed by atoms with Crippen LogP contribution in [0, 0.1) is 5.82 Å². The summed E-state index contributed by atoms with van der Waals surface area (Å²) in [6.45, 7) is 0.561. The van der Waals surface area contributed by atoms with Crippen LogP contribution in [0.1, 0.15) is 5.56 Å². The Hall–Kier alpha value is -2.03. The van der Waals surface area contributed by atoms with Gasteiger partial charge in [0.25, 0.3) is 0 Å². The number of anilines is 2. The van der Waals surface area contributed by atoms with Gasteiger partial charge in [-0.3, -0.25) is 0 Å². The van der Waals surface area contributed by atoms with Gasteiger partial charge in [-0.1, -0.05) is 36.4 Å². The molecule has 0 atom stereocenters. The molecule has 0 aromatic heterocycles. The molecule has 0 aliphatic carbocycles. The average Bonchev–Trinajstić information content (AvgIpc) is 2.30. The molecule has 0 unspecified atom stereocenters. The molecule has 2 nitrogen and oxygen atoms in total. The number of nitrogen functional groups attached to an aromatic ring is 1. The van der Waals surface area contributed by atoms with Crippen LogP contribution >= 0.6 is 0 Å². The highest BCUT2D eigenvalue weighted by atomic mass is 19.1. The van der Waals surface area contributed by atoms with Crippen LogP contribution in [0.25, 0.3) is 0 Å². The van der Waals surface area contributed by atoms with Gasteiger partial charge in [0.15, 0.2) is 0 Å². The lowest BCUT2D eigenvalue weighted by molar-refractivity contribution is 0.631. The van der Waals surface area contributed by atoms with Crippen molar-refractivity contribution in [3.8, 4) is 0 Å². The van der Waals surface area contributed by atoms with Crippen LogP contribution in [-0.4, -0.2) is 0 Å². The monoisotopic (exact) mass is 216 g/mol. The summed E-state index contributed by atoms with van der Waals surface area (Å²) in [5, 5.41) is 3.00. The molecule has 2 aromatic rings. The molecule has 82 valence electrons. The van der Waals surface area contributed by atoms with Gasteiger partial charge in [-0.05, 0) is 17.7 Å². The third kappa shape index (κ3) is 2.31. The first kappa shape index (κ1) is 10.5. The van der Waals surface area contributed by atoms with Gasteiger partial charge in [-0.15, -0.1) is 0 Å². The van der Waals surface area contributed by atoms with E-state index in [2.05, 4.69) is 5.32 Å². The second-order valence-electron chi connectivity index (χ2n) is 3.54. The Balaban J connectivity index is 2.11. The largest absolute Gasteiger partial charge is 0.397 e. The van der Waals surface area contributed by atoms with E-state index >= 15 is 0 Å². The standard InChI is InChI=1S/C13H13FN2/c14-11-7-4-8-12(15)13(11)16-9-10-5-2-1-3-6-10/h1-8,16H,9,15H2. The highest BCUT2D eigenvalue weighted by molar-refractivity contribution is 5.66. The van der Waals surface area contributed by atoms with Crippen LogP contribution in [0.15, 0.2) is 48.5 Å². The molecule has 2 rings (SSSR count). The molecule has 0 fully saturated rings. The van der Waals surface area contributed by atoms with Crippen molar-refractivity contribution in [2.45, 2.75) is 6.54 Å². The van der Waals surface area contributed by atoms with Crippen molar-refractivity contribution in [1.29, 1.82) is 0 Å². The third-order valence-corrected chi connectivity index (χ3v) is 2.36. The third-order valence-electron chi connectivity index (χ3n) is 2.36.